The Morgan fingerprint density at radius 3 is 2.75 bits per heavy atom. The molecule has 0 atom stereocenters. The van der Waals surface area contributed by atoms with Crippen molar-refractivity contribution in [3.63, 3.8) is 0 Å². The molecule has 0 aliphatic carbocycles. The zero-order chi connectivity index (χ0) is 8.39. The van der Waals surface area contributed by atoms with E-state index in [0.717, 1.165) is 12.4 Å². The minimum absolute atomic E-state index is 0.582. The number of likely N-dealkylation sites (tertiary alicyclic amines) is 1. The second-order valence-corrected chi connectivity index (χ2v) is 3.62. The van der Waals surface area contributed by atoms with Crippen LogP contribution in [0.3, 0.4) is 0 Å². The summed E-state index contributed by atoms with van der Waals surface area (Å²) in [4.78, 5) is 6.55. The van der Waals surface area contributed by atoms with Gasteiger partial charge in [-0.1, -0.05) is 0 Å². The van der Waals surface area contributed by atoms with Crippen LogP contribution in [-0.4, -0.2) is 42.0 Å². The SMILES string of the molecule is S=C1CN=C(CN2CCCC2)O1. The van der Waals surface area contributed by atoms with Gasteiger partial charge in [-0.25, -0.2) is 4.99 Å². The summed E-state index contributed by atoms with van der Waals surface area (Å²) < 4.78 is 5.26. The molecule has 12 heavy (non-hydrogen) atoms. The molecule has 3 nitrogen and oxygen atoms in total. The molecule has 1 fully saturated rings. The van der Waals surface area contributed by atoms with Crippen LogP contribution in [0.2, 0.25) is 0 Å². The summed E-state index contributed by atoms with van der Waals surface area (Å²) in [6.07, 6.45) is 2.61. The van der Waals surface area contributed by atoms with Crippen LogP contribution in [0.5, 0.6) is 0 Å². The van der Waals surface area contributed by atoms with E-state index in [1.807, 2.05) is 0 Å². The van der Waals surface area contributed by atoms with Gasteiger partial charge in [0.25, 0.3) is 0 Å². The fourth-order valence-electron chi connectivity index (χ4n) is 1.56. The quantitative estimate of drug-likeness (QED) is 0.594. The van der Waals surface area contributed by atoms with Gasteiger partial charge in [-0.2, -0.15) is 0 Å². The Labute approximate surface area is 77.4 Å². The zero-order valence-corrected chi connectivity index (χ0v) is 7.77. The molecular formula is C8H12N2OS. The van der Waals surface area contributed by atoms with E-state index in [1.54, 1.807) is 0 Å². The van der Waals surface area contributed by atoms with E-state index in [-0.39, 0.29) is 0 Å². The highest BCUT2D eigenvalue weighted by Crippen LogP contribution is 2.09. The monoisotopic (exact) mass is 184 g/mol. The largest absolute Gasteiger partial charge is 0.433 e. The maximum atomic E-state index is 5.26. The first-order valence-corrected chi connectivity index (χ1v) is 4.72. The van der Waals surface area contributed by atoms with Crippen LogP contribution in [0.4, 0.5) is 0 Å². The third-order valence-electron chi connectivity index (χ3n) is 2.17. The van der Waals surface area contributed by atoms with Crippen LogP contribution in [0.15, 0.2) is 4.99 Å². The van der Waals surface area contributed by atoms with Gasteiger partial charge in [0.15, 0.2) is 5.05 Å². The van der Waals surface area contributed by atoms with Gasteiger partial charge < -0.3 is 4.74 Å². The first kappa shape index (κ1) is 8.13. The maximum Gasteiger partial charge on any atom is 0.205 e. The van der Waals surface area contributed by atoms with Gasteiger partial charge in [0.05, 0.1) is 6.54 Å². The summed E-state index contributed by atoms with van der Waals surface area (Å²) >= 11 is 4.88. The Morgan fingerprint density at radius 2 is 2.17 bits per heavy atom. The first-order chi connectivity index (χ1) is 5.84. The Kier molecular flexibility index (Phi) is 2.37. The summed E-state index contributed by atoms with van der Waals surface area (Å²) in [6.45, 7) is 3.78. The highest BCUT2D eigenvalue weighted by Gasteiger charge is 2.18. The number of hydrogen-bond donors (Lipinski definition) is 0. The third-order valence-corrected chi connectivity index (χ3v) is 2.39. The molecule has 0 saturated carbocycles. The van der Waals surface area contributed by atoms with E-state index in [2.05, 4.69) is 9.89 Å². The second-order valence-electron chi connectivity index (χ2n) is 3.17. The predicted molar refractivity (Wildman–Crippen MR) is 51.7 cm³/mol. The molecule has 0 radical (unpaired) electrons. The van der Waals surface area contributed by atoms with E-state index in [9.17, 15) is 0 Å². The summed E-state index contributed by atoms with van der Waals surface area (Å²) in [6, 6.07) is 0. The lowest BCUT2D eigenvalue weighted by Gasteiger charge is -2.12. The van der Waals surface area contributed by atoms with Crippen molar-refractivity contribution < 1.29 is 4.74 Å². The van der Waals surface area contributed by atoms with Gasteiger partial charge in [-0.3, -0.25) is 4.90 Å². The average Bonchev–Trinajstić information content (AvgIpc) is 2.63. The Balaban J connectivity index is 1.82. The van der Waals surface area contributed by atoms with Crippen molar-refractivity contribution in [1.82, 2.24) is 4.90 Å². The fourth-order valence-corrected chi connectivity index (χ4v) is 1.72. The van der Waals surface area contributed by atoms with Crippen LogP contribution >= 0.6 is 12.2 Å². The molecule has 0 unspecified atom stereocenters. The molecule has 0 bridgehead atoms. The van der Waals surface area contributed by atoms with Crippen LogP contribution in [0.25, 0.3) is 0 Å². The molecule has 1 saturated heterocycles. The number of ether oxygens (including phenoxy) is 1. The van der Waals surface area contributed by atoms with Gasteiger partial charge in [0, 0.05) is 0 Å². The van der Waals surface area contributed by atoms with Crippen molar-refractivity contribution in [3.05, 3.63) is 0 Å². The van der Waals surface area contributed by atoms with E-state index in [1.165, 1.54) is 25.9 Å². The molecule has 0 amide bonds. The van der Waals surface area contributed by atoms with Crippen molar-refractivity contribution in [2.45, 2.75) is 12.8 Å². The minimum Gasteiger partial charge on any atom is -0.433 e. The maximum absolute atomic E-state index is 5.26. The summed E-state index contributed by atoms with van der Waals surface area (Å²) in [5, 5.41) is 0.615. The summed E-state index contributed by atoms with van der Waals surface area (Å²) in [5.74, 6) is 0.807. The number of aliphatic imine (C=N–C) groups is 1. The molecule has 66 valence electrons. The number of rotatable bonds is 2. The minimum atomic E-state index is 0.582. The predicted octanol–water partition coefficient (Wildman–Crippen LogP) is 0.838. The molecule has 2 aliphatic rings. The van der Waals surface area contributed by atoms with Crippen molar-refractivity contribution in [2.75, 3.05) is 26.2 Å². The van der Waals surface area contributed by atoms with Crippen molar-refractivity contribution in [1.29, 1.82) is 0 Å². The van der Waals surface area contributed by atoms with Crippen LogP contribution < -0.4 is 0 Å². The zero-order valence-electron chi connectivity index (χ0n) is 6.95. The molecule has 0 aromatic carbocycles. The third kappa shape index (κ3) is 1.81. The molecule has 2 heterocycles. The Morgan fingerprint density at radius 1 is 1.42 bits per heavy atom. The van der Waals surface area contributed by atoms with E-state index >= 15 is 0 Å². The summed E-state index contributed by atoms with van der Waals surface area (Å²) in [7, 11) is 0. The van der Waals surface area contributed by atoms with E-state index in [0.29, 0.717) is 11.6 Å². The average molecular weight is 184 g/mol. The number of nitrogens with zero attached hydrogens (tertiary/aromatic N) is 2. The van der Waals surface area contributed by atoms with Gasteiger partial charge in [0.2, 0.25) is 5.90 Å². The van der Waals surface area contributed by atoms with Crippen LogP contribution in [0.1, 0.15) is 12.8 Å². The van der Waals surface area contributed by atoms with Crippen molar-refractivity contribution >= 4 is 23.2 Å². The second kappa shape index (κ2) is 3.49. The van der Waals surface area contributed by atoms with Gasteiger partial charge in [-0.05, 0) is 38.1 Å². The Hall–Kier alpha value is -0.480. The standard InChI is InChI=1S/C8H12N2OS/c12-8-5-9-7(11-8)6-10-3-1-2-4-10/h1-6H2. The molecule has 0 N–H and O–H groups in total. The van der Waals surface area contributed by atoms with Crippen LogP contribution in [-0.2, 0) is 4.74 Å². The first-order valence-electron chi connectivity index (χ1n) is 4.31. The lowest BCUT2D eigenvalue weighted by molar-refractivity contribution is 0.366. The molecule has 0 aromatic heterocycles. The summed E-state index contributed by atoms with van der Waals surface area (Å²) in [5.41, 5.74) is 0. The number of hydrogen-bond acceptors (Lipinski definition) is 4. The highest BCUT2D eigenvalue weighted by molar-refractivity contribution is 7.80. The fraction of sp³-hybridized carbons (Fsp3) is 0.750. The Bertz CT molecular complexity index is 221. The molecule has 2 rings (SSSR count). The topological polar surface area (TPSA) is 24.8 Å². The van der Waals surface area contributed by atoms with Gasteiger partial charge >= 0.3 is 0 Å². The number of thiocarbonyl (C=S) groups is 1. The molecule has 4 heteroatoms. The van der Waals surface area contributed by atoms with Crippen molar-refractivity contribution in [3.8, 4) is 0 Å². The van der Waals surface area contributed by atoms with Crippen molar-refractivity contribution in [2.24, 2.45) is 4.99 Å². The molecule has 0 aromatic rings. The molecular weight excluding hydrogens is 172 g/mol. The lowest BCUT2D eigenvalue weighted by atomic mass is 10.4. The van der Waals surface area contributed by atoms with Gasteiger partial charge in [0.1, 0.15) is 6.54 Å². The normalized spacial score (nSPS) is 24.3. The lowest BCUT2D eigenvalue weighted by Crippen LogP contribution is -2.27. The molecule has 2 aliphatic heterocycles. The highest BCUT2D eigenvalue weighted by atomic mass is 32.1. The van der Waals surface area contributed by atoms with E-state index in [4.69, 9.17) is 17.0 Å². The van der Waals surface area contributed by atoms with Crippen LogP contribution in [0, 0.1) is 0 Å². The van der Waals surface area contributed by atoms with E-state index < -0.39 is 0 Å². The molecule has 0 spiro atoms. The van der Waals surface area contributed by atoms with Gasteiger partial charge in [-0.15, -0.1) is 0 Å². The smallest absolute Gasteiger partial charge is 0.205 e.